The van der Waals surface area contributed by atoms with Crippen molar-refractivity contribution in [1.29, 1.82) is 0 Å². The lowest BCUT2D eigenvalue weighted by atomic mass is 10.1. The molecule has 36 heavy (non-hydrogen) atoms. The molecule has 0 saturated carbocycles. The molecular formula is C31H34O3S2. The summed E-state index contributed by atoms with van der Waals surface area (Å²) in [4.78, 5) is 2.88. The summed E-state index contributed by atoms with van der Waals surface area (Å²) >= 11 is 0. The fraction of sp³-hybridized carbons (Fsp3) is 0.226. The lowest BCUT2D eigenvalue weighted by Crippen LogP contribution is -2.18. The van der Waals surface area contributed by atoms with E-state index in [1.807, 2.05) is 37.3 Å². The zero-order valence-electron chi connectivity index (χ0n) is 22.0. The Morgan fingerprint density at radius 1 is 0.500 bits per heavy atom. The molecule has 3 nitrogen and oxygen atoms in total. The molecule has 0 bridgehead atoms. The first-order chi connectivity index (χ1) is 17.0. The van der Waals surface area contributed by atoms with Crippen LogP contribution in [-0.4, -0.2) is 8.42 Å². The van der Waals surface area contributed by atoms with Crippen LogP contribution in [0.2, 0.25) is 0 Å². The van der Waals surface area contributed by atoms with Crippen LogP contribution in [0, 0.1) is 48.5 Å². The highest BCUT2D eigenvalue weighted by Crippen LogP contribution is 2.73. The normalized spacial score (nSPS) is 12.5. The Morgan fingerprint density at radius 2 is 0.917 bits per heavy atom. The first-order valence-corrected chi connectivity index (χ1v) is 15.0. The topological polar surface area (TPSA) is 43.4 Å². The summed E-state index contributed by atoms with van der Waals surface area (Å²) in [5, 5.41) is 0. The van der Waals surface area contributed by atoms with E-state index in [0.29, 0.717) is 0 Å². The van der Waals surface area contributed by atoms with Gasteiger partial charge in [-0.05, 0) is 105 Å². The highest BCUT2D eigenvalue weighted by Gasteiger charge is 2.42. The molecule has 0 radical (unpaired) electrons. The molecule has 0 unspecified atom stereocenters. The van der Waals surface area contributed by atoms with Crippen molar-refractivity contribution in [2.24, 2.45) is 0 Å². The summed E-state index contributed by atoms with van der Waals surface area (Å²) in [7, 11) is -6.82. The summed E-state index contributed by atoms with van der Waals surface area (Å²) in [6.45, 7) is 14.3. The number of aryl methyl sites for hydroxylation is 7. The highest BCUT2D eigenvalue weighted by molar-refractivity contribution is 8.33. The Morgan fingerprint density at radius 3 is 1.33 bits per heavy atom. The van der Waals surface area contributed by atoms with Gasteiger partial charge in [0, 0.05) is 14.7 Å². The molecule has 0 atom stereocenters. The summed E-state index contributed by atoms with van der Waals surface area (Å²) < 4.78 is 34.8. The van der Waals surface area contributed by atoms with Gasteiger partial charge in [-0.1, -0.05) is 71.3 Å². The summed E-state index contributed by atoms with van der Waals surface area (Å²) in [6, 6.07) is 25.2. The molecule has 0 spiro atoms. The third-order valence-electron chi connectivity index (χ3n) is 6.36. The van der Waals surface area contributed by atoms with Crippen molar-refractivity contribution < 1.29 is 12.0 Å². The molecule has 4 aromatic rings. The number of rotatable bonds is 6. The molecule has 0 aliphatic heterocycles. The maximum atomic E-state index is 14.1. The van der Waals surface area contributed by atoms with Crippen molar-refractivity contribution in [3.63, 3.8) is 0 Å². The molecule has 5 heteroatoms. The van der Waals surface area contributed by atoms with Crippen molar-refractivity contribution in [2.75, 3.05) is 0 Å². The van der Waals surface area contributed by atoms with Gasteiger partial charge in [0.15, 0.2) is 0 Å². The van der Waals surface area contributed by atoms with Crippen LogP contribution >= 0.6 is 10.3 Å². The van der Waals surface area contributed by atoms with E-state index in [4.69, 9.17) is 3.63 Å². The van der Waals surface area contributed by atoms with Crippen LogP contribution in [0.3, 0.4) is 0 Å². The van der Waals surface area contributed by atoms with Gasteiger partial charge in [0.05, 0.1) is 4.90 Å². The summed E-state index contributed by atoms with van der Waals surface area (Å²) in [5.74, 6) is 0. The minimum atomic E-state index is -4.13. The Bertz CT molecular complexity index is 1420. The van der Waals surface area contributed by atoms with Gasteiger partial charge in [-0.2, -0.15) is 8.42 Å². The highest BCUT2D eigenvalue weighted by atomic mass is 32.3. The monoisotopic (exact) mass is 518 g/mol. The lowest BCUT2D eigenvalue weighted by molar-refractivity contribution is 0.507. The largest absolute Gasteiger partial charge is 0.307 e. The molecule has 0 fully saturated rings. The maximum Gasteiger partial charge on any atom is 0.307 e. The van der Waals surface area contributed by atoms with E-state index in [0.717, 1.165) is 53.6 Å². The molecule has 0 aliphatic carbocycles. The second-order valence-electron chi connectivity index (χ2n) is 9.66. The fourth-order valence-electron chi connectivity index (χ4n) is 5.18. The van der Waals surface area contributed by atoms with E-state index in [2.05, 4.69) is 65.8 Å². The van der Waals surface area contributed by atoms with E-state index in [1.54, 1.807) is 24.3 Å². The van der Waals surface area contributed by atoms with Gasteiger partial charge in [-0.15, -0.1) is 0 Å². The van der Waals surface area contributed by atoms with E-state index in [1.165, 1.54) is 0 Å². The standard InChI is InChI=1S/C31H34O3S2/c1-21-13-15-29(16-14-21)36(32,33)34-35(28-11-9-8-10-12-28,30-24(4)17-22(2)18-25(30)5)31-26(6)19-23(3)20-27(31)7/h8-20H,1-7H3. The second-order valence-corrected chi connectivity index (χ2v) is 14.0. The van der Waals surface area contributed by atoms with Gasteiger partial charge in [0.1, 0.15) is 0 Å². The molecule has 188 valence electrons. The van der Waals surface area contributed by atoms with E-state index in [9.17, 15) is 8.42 Å². The second kappa shape index (κ2) is 9.89. The summed E-state index contributed by atoms with van der Waals surface area (Å²) in [5.41, 5.74) is 7.33. The molecule has 4 aromatic carbocycles. The van der Waals surface area contributed by atoms with E-state index in [-0.39, 0.29) is 4.90 Å². The number of benzene rings is 4. The lowest BCUT2D eigenvalue weighted by Gasteiger charge is -2.43. The van der Waals surface area contributed by atoms with E-state index < -0.39 is 20.4 Å². The van der Waals surface area contributed by atoms with Crippen molar-refractivity contribution in [3.05, 3.63) is 118 Å². The molecule has 0 amide bonds. The zero-order valence-corrected chi connectivity index (χ0v) is 23.7. The van der Waals surface area contributed by atoms with Crippen LogP contribution in [0.5, 0.6) is 0 Å². The Balaban J connectivity index is 2.18. The molecular weight excluding hydrogens is 484 g/mol. The third kappa shape index (κ3) is 4.75. The predicted molar refractivity (Wildman–Crippen MR) is 150 cm³/mol. The quantitative estimate of drug-likeness (QED) is 0.257. The van der Waals surface area contributed by atoms with Gasteiger partial charge in [-0.25, -0.2) is 3.63 Å². The van der Waals surface area contributed by atoms with Gasteiger partial charge in [0.2, 0.25) is 0 Å². The molecule has 0 N–H and O–H groups in total. The Labute approximate surface area is 217 Å². The fourth-order valence-corrected chi connectivity index (χ4v) is 11.2. The molecule has 4 rings (SSSR count). The SMILES string of the molecule is Cc1ccc(S(=O)(=O)OS(c2ccccc2)(c2c(C)cc(C)cc2C)c2c(C)cc(C)cc2C)cc1. The van der Waals surface area contributed by atoms with Gasteiger partial charge >= 0.3 is 10.1 Å². The molecule has 0 aliphatic rings. The van der Waals surface area contributed by atoms with Crippen LogP contribution in [0.1, 0.15) is 38.9 Å². The van der Waals surface area contributed by atoms with Crippen LogP contribution in [0.4, 0.5) is 0 Å². The molecule has 0 aromatic heterocycles. The Hall–Kier alpha value is -2.86. The van der Waals surface area contributed by atoms with Gasteiger partial charge in [-0.3, -0.25) is 0 Å². The first kappa shape index (κ1) is 26.2. The number of hydrogen-bond acceptors (Lipinski definition) is 3. The van der Waals surface area contributed by atoms with E-state index >= 15 is 0 Å². The van der Waals surface area contributed by atoms with Gasteiger partial charge < -0.3 is 0 Å². The average Bonchev–Trinajstić information content (AvgIpc) is 2.78. The third-order valence-corrected chi connectivity index (χ3v) is 12.1. The van der Waals surface area contributed by atoms with Crippen molar-refractivity contribution in [3.8, 4) is 0 Å². The van der Waals surface area contributed by atoms with Crippen LogP contribution < -0.4 is 0 Å². The Kier molecular flexibility index (Phi) is 7.20. The molecule has 0 saturated heterocycles. The van der Waals surface area contributed by atoms with Crippen molar-refractivity contribution in [1.82, 2.24) is 0 Å². The smallest absolute Gasteiger partial charge is 0.203 e. The van der Waals surface area contributed by atoms with Crippen LogP contribution in [-0.2, 0) is 13.7 Å². The predicted octanol–water partition coefficient (Wildman–Crippen LogP) is 8.45. The minimum Gasteiger partial charge on any atom is -0.203 e. The maximum absolute atomic E-state index is 14.1. The van der Waals surface area contributed by atoms with Crippen molar-refractivity contribution >= 4 is 20.4 Å². The zero-order chi connectivity index (χ0) is 26.3. The van der Waals surface area contributed by atoms with Gasteiger partial charge in [0.25, 0.3) is 0 Å². The van der Waals surface area contributed by atoms with Crippen molar-refractivity contribution in [2.45, 2.75) is 68.0 Å². The average molecular weight is 519 g/mol. The molecule has 0 heterocycles. The number of hydrogen-bond donors (Lipinski definition) is 0. The van der Waals surface area contributed by atoms with Crippen LogP contribution in [0.15, 0.2) is 98.4 Å². The summed E-state index contributed by atoms with van der Waals surface area (Å²) in [6.07, 6.45) is 0. The minimum absolute atomic E-state index is 0.158. The first-order valence-electron chi connectivity index (χ1n) is 12.0. The van der Waals surface area contributed by atoms with Crippen LogP contribution in [0.25, 0.3) is 0 Å².